The number of hydrogen-bond acceptors (Lipinski definition) is 4. The predicted octanol–water partition coefficient (Wildman–Crippen LogP) is 5.17. The summed E-state index contributed by atoms with van der Waals surface area (Å²) in [5.41, 5.74) is 2.05. The molecule has 1 saturated heterocycles. The third-order valence-electron chi connectivity index (χ3n) is 6.36. The number of amides is 1. The molecule has 2 aromatic heterocycles. The Labute approximate surface area is 191 Å². The van der Waals surface area contributed by atoms with E-state index in [0.29, 0.717) is 12.0 Å². The monoisotopic (exact) mass is 445 g/mol. The van der Waals surface area contributed by atoms with Gasteiger partial charge in [-0.2, -0.15) is 5.10 Å². The van der Waals surface area contributed by atoms with E-state index in [2.05, 4.69) is 21.9 Å². The molecule has 3 heterocycles. The summed E-state index contributed by atoms with van der Waals surface area (Å²) in [5.74, 6) is 1.62. The maximum atomic E-state index is 10.6. The number of pyridine rings is 1. The van der Waals surface area contributed by atoms with Crippen LogP contribution in [0.1, 0.15) is 58.8 Å². The third kappa shape index (κ3) is 6.45. The minimum absolute atomic E-state index is 0.547. The van der Waals surface area contributed by atoms with E-state index in [1.807, 2.05) is 43.5 Å². The molecule has 2 fully saturated rings. The first-order valence-electron chi connectivity index (χ1n) is 11.6. The Bertz CT molecular complexity index is 833. The average molecular weight is 446 g/mol. The van der Waals surface area contributed by atoms with E-state index in [0.717, 1.165) is 48.0 Å². The van der Waals surface area contributed by atoms with Crippen molar-refractivity contribution in [1.82, 2.24) is 19.7 Å². The quantitative estimate of drug-likeness (QED) is 0.596. The molecule has 0 bridgehead atoms. The number of aryl methyl sites for hydroxylation is 1. The highest BCUT2D eigenvalue weighted by atomic mass is 35.5. The van der Waals surface area contributed by atoms with E-state index in [-0.39, 0.29) is 0 Å². The normalized spacial score (nSPS) is 19.5. The van der Waals surface area contributed by atoms with E-state index in [1.165, 1.54) is 44.9 Å². The fourth-order valence-electron chi connectivity index (χ4n) is 4.60. The van der Waals surface area contributed by atoms with Crippen molar-refractivity contribution in [3.05, 3.63) is 29.7 Å². The molecule has 2 aliphatic rings. The van der Waals surface area contributed by atoms with Crippen LogP contribution in [0.25, 0.3) is 11.1 Å². The molecule has 0 aromatic carbocycles. The van der Waals surface area contributed by atoms with Gasteiger partial charge in [0.15, 0.2) is 0 Å². The van der Waals surface area contributed by atoms with Crippen LogP contribution in [0, 0.1) is 5.92 Å². The summed E-state index contributed by atoms with van der Waals surface area (Å²) in [7, 11) is 1.90. The van der Waals surface area contributed by atoms with Crippen molar-refractivity contribution in [3.63, 3.8) is 0 Å². The Kier molecular flexibility index (Phi) is 8.76. The van der Waals surface area contributed by atoms with Gasteiger partial charge in [0.1, 0.15) is 5.82 Å². The van der Waals surface area contributed by atoms with Gasteiger partial charge in [0.25, 0.3) is 0 Å². The Morgan fingerprint density at radius 1 is 1.16 bits per heavy atom. The molecule has 170 valence electrons. The summed E-state index contributed by atoms with van der Waals surface area (Å²) in [6, 6.07) is 2.53. The van der Waals surface area contributed by atoms with Crippen molar-refractivity contribution >= 4 is 23.8 Å². The fraction of sp³-hybridized carbons (Fsp3) is 0.625. The summed E-state index contributed by atoms with van der Waals surface area (Å²) >= 11 is 6.44. The van der Waals surface area contributed by atoms with Crippen molar-refractivity contribution in [1.29, 1.82) is 0 Å². The third-order valence-corrected chi connectivity index (χ3v) is 6.64. The zero-order valence-corrected chi connectivity index (χ0v) is 19.9. The first kappa shape index (κ1) is 23.6. The van der Waals surface area contributed by atoms with Crippen molar-refractivity contribution in [3.8, 4) is 11.1 Å². The Balaban J connectivity index is 0.000000210. The van der Waals surface area contributed by atoms with Gasteiger partial charge in [-0.05, 0) is 44.6 Å². The Morgan fingerprint density at radius 3 is 2.52 bits per heavy atom. The van der Waals surface area contributed by atoms with Crippen LogP contribution < -0.4 is 4.90 Å². The number of hydrogen-bond donors (Lipinski definition) is 0. The van der Waals surface area contributed by atoms with Gasteiger partial charge in [-0.3, -0.25) is 9.48 Å². The lowest BCUT2D eigenvalue weighted by molar-refractivity contribution is -0.120. The van der Waals surface area contributed by atoms with Crippen LogP contribution in [0.2, 0.25) is 5.02 Å². The second-order valence-corrected chi connectivity index (χ2v) is 9.26. The van der Waals surface area contributed by atoms with Crippen molar-refractivity contribution in [2.75, 3.05) is 24.5 Å². The highest BCUT2D eigenvalue weighted by Crippen LogP contribution is 2.31. The van der Waals surface area contributed by atoms with Gasteiger partial charge in [-0.1, -0.05) is 37.8 Å². The maximum Gasteiger partial charge on any atom is 0.209 e. The number of carbonyl (C=O) groups excluding carboxylic acids is 1. The molecular formula is C24H36ClN5O. The van der Waals surface area contributed by atoms with Gasteiger partial charge in [0, 0.05) is 56.2 Å². The smallest absolute Gasteiger partial charge is 0.209 e. The van der Waals surface area contributed by atoms with Gasteiger partial charge in [0.05, 0.1) is 11.2 Å². The number of aromatic nitrogens is 3. The van der Waals surface area contributed by atoms with Crippen LogP contribution in [0.3, 0.4) is 0 Å². The SMILES string of the molecule is CC1CCCN(c2ncc(-c3cnn(C)c3)cc2Cl)C1.CCN(C=O)C1CCCCC1. The van der Waals surface area contributed by atoms with E-state index in [4.69, 9.17) is 11.6 Å². The summed E-state index contributed by atoms with van der Waals surface area (Å²) in [6.07, 6.45) is 15.6. The molecule has 2 aromatic rings. The average Bonchev–Trinajstić information content (AvgIpc) is 3.22. The van der Waals surface area contributed by atoms with Crippen molar-refractivity contribution in [2.45, 2.75) is 64.8 Å². The minimum Gasteiger partial charge on any atom is -0.355 e. The first-order valence-corrected chi connectivity index (χ1v) is 12.0. The number of piperidine rings is 1. The van der Waals surface area contributed by atoms with E-state index >= 15 is 0 Å². The number of halogens is 1. The van der Waals surface area contributed by atoms with Gasteiger partial charge < -0.3 is 9.80 Å². The molecule has 1 amide bonds. The van der Waals surface area contributed by atoms with Gasteiger partial charge in [-0.25, -0.2) is 4.98 Å². The first-order chi connectivity index (χ1) is 15.0. The fourth-order valence-corrected chi connectivity index (χ4v) is 4.89. The van der Waals surface area contributed by atoms with Gasteiger partial charge in [0.2, 0.25) is 6.41 Å². The summed E-state index contributed by atoms with van der Waals surface area (Å²) < 4.78 is 1.78. The van der Waals surface area contributed by atoms with Crippen LogP contribution in [-0.2, 0) is 11.8 Å². The number of rotatable bonds is 5. The standard InChI is InChI=1S/C15H19ClN4.C9H17NO/c1-11-4-3-5-20(9-11)15-14(16)6-12(7-17-15)13-8-18-19(2)10-13;1-2-10(8-11)9-6-4-3-5-7-9/h6-8,10-11H,3-5,9H2,1-2H3;8-9H,2-7H2,1H3. The van der Waals surface area contributed by atoms with E-state index in [1.54, 1.807) is 4.68 Å². The molecule has 1 aliphatic carbocycles. The molecule has 1 unspecified atom stereocenters. The van der Waals surface area contributed by atoms with Gasteiger partial charge in [-0.15, -0.1) is 0 Å². The summed E-state index contributed by atoms with van der Waals surface area (Å²) in [5, 5.41) is 4.90. The zero-order chi connectivity index (χ0) is 22.2. The minimum atomic E-state index is 0.547. The van der Waals surface area contributed by atoms with Crippen LogP contribution in [0.15, 0.2) is 24.7 Å². The number of carbonyl (C=O) groups is 1. The lowest BCUT2D eigenvalue weighted by Gasteiger charge is -2.32. The molecule has 0 radical (unpaired) electrons. The highest BCUT2D eigenvalue weighted by molar-refractivity contribution is 6.33. The molecule has 6 nitrogen and oxygen atoms in total. The summed E-state index contributed by atoms with van der Waals surface area (Å²) in [6.45, 7) is 7.28. The van der Waals surface area contributed by atoms with Crippen LogP contribution in [0.5, 0.6) is 0 Å². The molecule has 0 spiro atoms. The van der Waals surface area contributed by atoms with Crippen molar-refractivity contribution in [2.24, 2.45) is 13.0 Å². The topological polar surface area (TPSA) is 54.3 Å². The molecule has 1 aliphatic heterocycles. The van der Waals surface area contributed by atoms with Crippen LogP contribution in [-0.4, -0.2) is 51.8 Å². The molecular weight excluding hydrogens is 410 g/mol. The molecule has 0 N–H and O–H groups in total. The van der Waals surface area contributed by atoms with Gasteiger partial charge >= 0.3 is 0 Å². The zero-order valence-electron chi connectivity index (χ0n) is 19.1. The molecule has 1 atom stereocenters. The lowest BCUT2D eigenvalue weighted by atomic mass is 9.94. The molecule has 31 heavy (non-hydrogen) atoms. The maximum absolute atomic E-state index is 10.6. The van der Waals surface area contributed by atoms with E-state index in [9.17, 15) is 4.79 Å². The number of anilines is 1. The molecule has 1 saturated carbocycles. The van der Waals surface area contributed by atoms with E-state index < -0.39 is 0 Å². The molecule has 7 heteroatoms. The second-order valence-electron chi connectivity index (χ2n) is 8.85. The highest BCUT2D eigenvalue weighted by Gasteiger charge is 2.20. The number of nitrogens with zero attached hydrogens (tertiary/aromatic N) is 5. The lowest BCUT2D eigenvalue weighted by Crippen LogP contribution is -2.35. The summed E-state index contributed by atoms with van der Waals surface area (Å²) in [4.78, 5) is 19.4. The second kappa shape index (κ2) is 11.5. The van der Waals surface area contributed by atoms with Crippen molar-refractivity contribution < 1.29 is 4.79 Å². The Hall–Kier alpha value is -2.08. The van der Waals surface area contributed by atoms with Crippen LogP contribution >= 0.6 is 11.6 Å². The van der Waals surface area contributed by atoms with Crippen LogP contribution in [0.4, 0.5) is 5.82 Å². The largest absolute Gasteiger partial charge is 0.355 e. The Morgan fingerprint density at radius 2 is 1.94 bits per heavy atom. The predicted molar refractivity (Wildman–Crippen MR) is 127 cm³/mol. The molecule has 4 rings (SSSR count).